The molecule has 0 saturated heterocycles. The summed E-state index contributed by atoms with van der Waals surface area (Å²) < 4.78 is 11.6. The Hall–Kier alpha value is -1.96. The molecule has 0 radical (unpaired) electrons. The summed E-state index contributed by atoms with van der Waals surface area (Å²) in [6.07, 6.45) is 0. The van der Waals surface area contributed by atoms with E-state index in [-0.39, 0.29) is 19.1 Å². The van der Waals surface area contributed by atoms with Gasteiger partial charge >= 0.3 is 0 Å². The van der Waals surface area contributed by atoms with Crippen LogP contribution in [-0.2, 0) is 9.59 Å². The molecule has 1 aliphatic heterocycles. The molecule has 0 aromatic heterocycles. The lowest BCUT2D eigenvalue weighted by Crippen LogP contribution is -2.43. The summed E-state index contributed by atoms with van der Waals surface area (Å²) in [5.41, 5.74) is 0.861. The van der Waals surface area contributed by atoms with Gasteiger partial charge in [-0.15, -0.1) is 0 Å². The first-order chi connectivity index (χ1) is 12.9. The van der Waals surface area contributed by atoms with Gasteiger partial charge in [-0.3, -0.25) is 14.5 Å². The molecule has 1 aliphatic rings. The Labute approximate surface area is 174 Å². The van der Waals surface area contributed by atoms with E-state index in [2.05, 4.69) is 21.2 Å². The third-order valence-electron chi connectivity index (χ3n) is 3.74. The van der Waals surface area contributed by atoms with Crippen molar-refractivity contribution in [1.82, 2.24) is 0 Å². The van der Waals surface area contributed by atoms with Gasteiger partial charge in [-0.2, -0.15) is 0 Å². The van der Waals surface area contributed by atoms with E-state index in [1.807, 2.05) is 6.92 Å². The minimum Gasteiger partial charge on any atom is -0.491 e. The molecular formula is C18H15BrCl2N2O4. The summed E-state index contributed by atoms with van der Waals surface area (Å²) in [5.74, 6) is 0.211. The van der Waals surface area contributed by atoms with E-state index >= 15 is 0 Å². The minimum atomic E-state index is -0.411. The third kappa shape index (κ3) is 4.48. The van der Waals surface area contributed by atoms with Crippen molar-refractivity contribution < 1.29 is 19.1 Å². The van der Waals surface area contributed by atoms with E-state index in [1.54, 1.807) is 30.3 Å². The normalized spacial score (nSPS) is 13.0. The third-order valence-corrected chi connectivity index (χ3v) is 4.78. The molecule has 1 N–H and O–H groups in total. The molecule has 2 aromatic carbocycles. The molecular weight excluding hydrogens is 459 g/mol. The monoisotopic (exact) mass is 472 g/mol. The smallest absolute Gasteiger partial charge is 0.265 e. The number of rotatable bonds is 5. The second kappa shape index (κ2) is 8.37. The molecule has 2 aromatic rings. The predicted octanol–water partition coefficient (Wildman–Crippen LogP) is 4.52. The maximum absolute atomic E-state index is 12.6. The fraction of sp³-hybridized carbons (Fsp3) is 0.222. The van der Waals surface area contributed by atoms with Gasteiger partial charge in [0.15, 0.2) is 12.4 Å². The summed E-state index contributed by atoms with van der Waals surface area (Å²) in [4.78, 5) is 26.2. The quantitative estimate of drug-likeness (QED) is 0.693. The lowest BCUT2D eigenvalue weighted by Gasteiger charge is -2.29. The lowest BCUT2D eigenvalue weighted by atomic mass is 10.2. The summed E-state index contributed by atoms with van der Waals surface area (Å²) in [6.45, 7) is 1.90. The van der Waals surface area contributed by atoms with Gasteiger partial charge in [-0.25, -0.2) is 0 Å². The Morgan fingerprint density at radius 2 is 2.07 bits per heavy atom. The zero-order chi connectivity index (χ0) is 19.6. The van der Waals surface area contributed by atoms with Crippen LogP contribution in [0.3, 0.4) is 0 Å². The van der Waals surface area contributed by atoms with Gasteiger partial charge in [0.25, 0.3) is 5.91 Å². The number of carbonyl (C=O) groups is 2. The number of nitrogens with one attached hydrogen (secondary N) is 1. The van der Waals surface area contributed by atoms with Gasteiger partial charge in [0.05, 0.1) is 22.5 Å². The zero-order valence-electron chi connectivity index (χ0n) is 14.2. The fourth-order valence-electron chi connectivity index (χ4n) is 2.63. The number of carbonyl (C=O) groups excluding carboxylic acids is 2. The molecule has 0 aliphatic carbocycles. The first-order valence-electron chi connectivity index (χ1n) is 8.03. The second-order valence-electron chi connectivity index (χ2n) is 5.63. The van der Waals surface area contributed by atoms with E-state index in [9.17, 15) is 9.59 Å². The van der Waals surface area contributed by atoms with Gasteiger partial charge in [0, 0.05) is 10.0 Å². The number of halogens is 3. The molecule has 2 amide bonds. The predicted molar refractivity (Wildman–Crippen MR) is 108 cm³/mol. The lowest BCUT2D eigenvalue weighted by molar-refractivity contribution is -0.123. The molecule has 0 saturated carbocycles. The first kappa shape index (κ1) is 19.8. The number of amides is 2. The van der Waals surface area contributed by atoms with Crippen LogP contribution < -0.4 is 19.7 Å². The van der Waals surface area contributed by atoms with Crippen LogP contribution in [0.2, 0.25) is 10.0 Å². The molecule has 0 bridgehead atoms. The van der Waals surface area contributed by atoms with Crippen molar-refractivity contribution in [3.05, 3.63) is 44.8 Å². The van der Waals surface area contributed by atoms with Crippen LogP contribution in [0.4, 0.5) is 11.4 Å². The Morgan fingerprint density at radius 1 is 1.30 bits per heavy atom. The van der Waals surface area contributed by atoms with Crippen LogP contribution in [0, 0.1) is 0 Å². The zero-order valence-corrected chi connectivity index (χ0v) is 17.3. The van der Waals surface area contributed by atoms with E-state index in [1.165, 1.54) is 4.90 Å². The van der Waals surface area contributed by atoms with E-state index in [0.29, 0.717) is 44.0 Å². The molecule has 27 heavy (non-hydrogen) atoms. The van der Waals surface area contributed by atoms with Crippen LogP contribution in [0.5, 0.6) is 11.5 Å². The van der Waals surface area contributed by atoms with Gasteiger partial charge < -0.3 is 14.8 Å². The van der Waals surface area contributed by atoms with Crippen molar-refractivity contribution in [3.8, 4) is 11.5 Å². The van der Waals surface area contributed by atoms with E-state index < -0.39 is 5.91 Å². The molecule has 6 nitrogen and oxygen atoms in total. The molecule has 0 atom stereocenters. The van der Waals surface area contributed by atoms with E-state index in [0.717, 1.165) is 0 Å². The van der Waals surface area contributed by atoms with Crippen LogP contribution in [-0.4, -0.2) is 31.6 Å². The SMILES string of the molecule is CCOc1c(Br)cc(Cl)cc1NC(=O)CN1C(=O)COc2ccc(Cl)cc21. The van der Waals surface area contributed by atoms with Gasteiger partial charge in [0.1, 0.15) is 12.3 Å². The Bertz CT molecular complexity index is 907. The average Bonchev–Trinajstić information content (AvgIpc) is 2.60. The van der Waals surface area contributed by atoms with Crippen molar-refractivity contribution >= 4 is 62.3 Å². The Morgan fingerprint density at radius 3 is 2.81 bits per heavy atom. The van der Waals surface area contributed by atoms with Crippen LogP contribution in [0.15, 0.2) is 34.8 Å². The van der Waals surface area contributed by atoms with Gasteiger partial charge in [0.2, 0.25) is 5.91 Å². The summed E-state index contributed by atoms with van der Waals surface area (Å²) >= 11 is 15.5. The summed E-state index contributed by atoms with van der Waals surface area (Å²) in [5, 5.41) is 3.61. The molecule has 0 fully saturated rings. The highest BCUT2D eigenvalue weighted by molar-refractivity contribution is 9.10. The largest absolute Gasteiger partial charge is 0.491 e. The number of fused-ring (bicyclic) bond motifs is 1. The van der Waals surface area contributed by atoms with E-state index in [4.69, 9.17) is 32.7 Å². The highest BCUT2D eigenvalue weighted by Crippen LogP contribution is 2.37. The highest BCUT2D eigenvalue weighted by atomic mass is 79.9. The number of benzene rings is 2. The van der Waals surface area contributed by atoms with Crippen LogP contribution in [0.25, 0.3) is 0 Å². The molecule has 9 heteroatoms. The average molecular weight is 474 g/mol. The van der Waals surface area contributed by atoms with Crippen molar-refractivity contribution in [2.45, 2.75) is 6.92 Å². The van der Waals surface area contributed by atoms with Crippen LogP contribution >= 0.6 is 39.1 Å². The first-order valence-corrected chi connectivity index (χ1v) is 9.58. The topological polar surface area (TPSA) is 67.9 Å². The molecule has 3 rings (SSSR count). The maximum atomic E-state index is 12.6. The van der Waals surface area contributed by atoms with Crippen molar-refractivity contribution in [2.75, 3.05) is 30.0 Å². The standard InChI is InChI=1S/C18H15BrCl2N2O4/c1-2-26-18-12(19)5-11(21)6-13(18)22-16(24)8-23-14-7-10(20)3-4-15(14)27-9-17(23)25/h3-7H,2,8-9H2,1H3,(H,22,24). The van der Waals surface area contributed by atoms with Crippen molar-refractivity contribution in [1.29, 1.82) is 0 Å². The summed E-state index contributed by atoms with van der Waals surface area (Å²) in [7, 11) is 0. The molecule has 142 valence electrons. The molecule has 0 spiro atoms. The van der Waals surface area contributed by atoms with Crippen molar-refractivity contribution in [3.63, 3.8) is 0 Å². The number of hydrogen-bond acceptors (Lipinski definition) is 4. The van der Waals surface area contributed by atoms with Gasteiger partial charge in [-0.05, 0) is 53.2 Å². The number of hydrogen-bond donors (Lipinski definition) is 1. The Kier molecular flexibility index (Phi) is 6.14. The highest BCUT2D eigenvalue weighted by Gasteiger charge is 2.28. The number of anilines is 2. The van der Waals surface area contributed by atoms with Crippen molar-refractivity contribution in [2.24, 2.45) is 0 Å². The molecule has 0 unspecified atom stereocenters. The number of ether oxygens (including phenoxy) is 2. The fourth-order valence-corrected chi connectivity index (χ4v) is 3.72. The second-order valence-corrected chi connectivity index (χ2v) is 7.35. The van der Waals surface area contributed by atoms with Crippen LogP contribution in [0.1, 0.15) is 6.92 Å². The maximum Gasteiger partial charge on any atom is 0.265 e. The Balaban J connectivity index is 1.83. The van der Waals surface area contributed by atoms with Gasteiger partial charge in [-0.1, -0.05) is 23.2 Å². The number of nitrogens with zero attached hydrogens (tertiary/aromatic N) is 1. The summed E-state index contributed by atoms with van der Waals surface area (Å²) in [6, 6.07) is 8.17. The molecule has 1 heterocycles. The minimum absolute atomic E-state index is 0.144.